The average Bonchev–Trinajstić information content (AvgIpc) is 2.61. The SMILES string of the molecule is COC(=O)[C@@H](C#N)c1nc2ccccc2nc1N(C)C[C@@H](C)C#N. The summed E-state index contributed by atoms with van der Waals surface area (Å²) in [5.74, 6) is -1.71. The second kappa shape index (κ2) is 7.38. The van der Waals surface area contributed by atoms with Crippen LogP contribution in [0.2, 0.25) is 0 Å². The Kier molecular flexibility index (Phi) is 5.28. The Morgan fingerprint density at radius 3 is 2.42 bits per heavy atom. The molecule has 2 rings (SSSR count). The van der Waals surface area contributed by atoms with Gasteiger partial charge in [-0.05, 0) is 19.1 Å². The molecule has 1 heterocycles. The molecule has 0 aliphatic rings. The van der Waals surface area contributed by atoms with Crippen molar-refractivity contribution in [1.82, 2.24) is 9.97 Å². The van der Waals surface area contributed by atoms with Gasteiger partial charge < -0.3 is 9.64 Å². The number of nitrogens with zero attached hydrogens (tertiary/aromatic N) is 5. The Morgan fingerprint density at radius 2 is 1.88 bits per heavy atom. The van der Waals surface area contributed by atoms with E-state index in [0.29, 0.717) is 23.4 Å². The summed E-state index contributed by atoms with van der Waals surface area (Å²) in [5.41, 5.74) is 1.46. The molecule has 2 aromatic rings. The van der Waals surface area contributed by atoms with Crippen LogP contribution in [0.25, 0.3) is 11.0 Å². The minimum Gasteiger partial charge on any atom is -0.468 e. The number of rotatable bonds is 5. The molecule has 0 bridgehead atoms. The van der Waals surface area contributed by atoms with Crippen LogP contribution in [0.5, 0.6) is 0 Å². The smallest absolute Gasteiger partial charge is 0.329 e. The van der Waals surface area contributed by atoms with Gasteiger partial charge in [0.05, 0.1) is 36.2 Å². The number of fused-ring (bicyclic) bond motifs is 1. The molecule has 24 heavy (non-hydrogen) atoms. The zero-order valence-corrected chi connectivity index (χ0v) is 13.7. The summed E-state index contributed by atoms with van der Waals surface area (Å²) >= 11 is 0. The summed E-state index contributed by atoms with van der Waals surface area (Å²) in [6, 6.07) is 11.3. The maximum Gasteiger partial charge on any atom is 0.329 e. The molecule has 0 fully saturated rings. The van der Waals surface area contributed by atoms with Crippen LogP contribution in [-0.4, -0.2) is 36.6 Å². The number of anilines is 1. The highest BCUT2D eigenvalue weighted by Gasteiger charge is 2.29. The fraction of sp³-hybridized carbons (Fsp3) is 0.353. The molecule has 2 atom stereocenters. The summed E-state index contributed by atoms with van der Waals surface area (Å²) < 4.78 is 4.71. The lowest BCUT2D eigenvalue weighted by atomic mass is 10.1. The minimum absolute atomic E-state index is 0.232. The maximum absolute atomic E-state index is 11.9. The predicted octanol–water partition coefficient (Wildman–Crippen LogP) is 2.01. The number of esters is 1. The number of hydrogen-bond acceptors (Lipinski definition) is 7. The Labute approximate surface area is 140 Å². The number of benzene rings is 1. The number of para-hydroxylation sites is 2. The number of hydrogen-bond donors (Lipinski definition) is 0. The van der Waals surface area contributed by atoms with Crippen molar-refractivity contribution in [2.45, 2.75) is 12.8 Å². The van der Waals surface area contributed by atoms with Crippen molar-refractivity contribution >= 4 is 22.8 Å². The van der Waals surface area contributed by atoms with E-state index in [0.717, 1.165) is 0 Å². The Morgan fingerprint density at radius 1 is 1.25 bits per heavy atom. The maximum atomic E-state index is 11.9. The minimum atomic E-state index is -1.18. The van der Waals surface area contributed by atoms with E-state index in [-0.39, 0.29) is 11.6 Å². The number of nitriles is 2. The highest BCUT2D eigenvalue weighted by Crippen LogP contribution is 2.27. The van der Waals surface area contributed by atoms with E-state index < -0.39 is 11.9 Å². The molecule has 0 saturated heterocycles. The first-order valence-corrected chi connectivity index (χ1v) is 7.36. The largest absolute Gasteiger partial charge is 0.468 e. The summed E-state index contributed by atoms with van der Waals surface area (Å²) in [7, 11) is 2.98. The van der Waals surface area contributed by atoms with Crippen molar-refractivity contribution in [3.8, 4) is 12.1 Å². The van der Waals surface area contributed by atoms with E-state index in [9.17, 15) is 10.1 Å². The zero-order chi connectivity index (χ0) is 17.7. The van der Waals surface area contributed by atoms with Gasteiger partial charge in [0.25, 0.3) is 0 Å². The molecule has 0 saturated carbocycles. The van der Waals surface area contributed by atoms with E-state index in [1.54, 1.807) is 31.0 Å². The van der Waals surface area contributed by atoms with Crippen LogP contribution in [0.15, 0.2) is 24.3 Å². The summed E-state index contributed by atoms with van der Waals surface area (Å²) in [5, 5.41) is 18.4. The number of carbonyl (C=O) groups is 1. The van der Waals surface area contributed by atoms with Gasteiger partial charge in [-0.2, -0.15) is 10.5 Å². The lowest BCUT2D eigenvalue weighted by Gasteiger charge is -2.23. The van der Waals surface area contributed by atoms with Gasteiger partial charge in [0.15, 0.2) is 11.7 Å². The molecule has 1 aromatic heterocycles. The van der Waals surface area contributed by atoms with Crippen LogP contribution in [0, 0.1) is 28.6 Å². The predicted molar refractivity (Wildman–Crippen MR) is 88.0 cm³/mol. The van der Waals surface area contributed by atoms with Gasteiger partial charge in [0.2, 0.25) is 0 Å². The highest BCUT2D eigenvalue weighted by molar-refractivity contribution is 5.85. The Bertz CT molecular complexity index is 837. The van der Waals surface area contributed by atoms with Crippen LogP contribution >= 0.6 is 0 Å². The zero-order valence-electron chi connectivity index (χ0n) is 13.7. The van der Waals surface area contributed by atoms with Crippen LogP contribution in [-0.2, 0) is 9.53 Å². The summed E-state index contributed by atoms with van der Waals surface area (Å²) in [4.78, 5) is 22.7. The quantitative estimate of drug-likeness (QED) is 0.775. The first-order chi connectivity index (χ1) is 11.5. The molecular weight excluding hydrogens is 306 g/mol. The molecule has 0 aliphatic heterocycles. The molecule has 0 spiro atoms. The first kappa shape index (κ1) is 17.2. The van der Waals surface area contributed by atoms with Crippen molar-refractivity contribution in [3.63, 3.8) is 0 Å². The summed E-state index contributed by atoms with van der Waals surface area (Å²) in [6.07, 6.45) is 0. The molecule has 1 aromatic carbocycles. The third-order valence-electron chi connectivity index (χ3n) is 3.55. The van der Waals surface area contributed by atoms with Crippen molar-refractivity contribution in [1.29, 1.82) is 10.5 Å². The third kappa shape index (κ3) is 3.41. The van der Waals surface area contributed by atoms with E-state index in [1.165, 1.54) is 7.11 Å². The molecule has 0 amide bonds. The fourth-order valence-corrected chi connectivity index (χ4v) is 2.36. The average molecular weight is 323 g/mol. The summed E-state index contributed by atoms with van der Waals surface area (Å²) in [6.45, 7) is 2.18. The standard InChI is InChI=1S/C17H17N5O2/c1-11(8-18)10-22(2)16-15(12(9-19)17(23)24-3)20-13-6-4-5-7-14(13)21-16/h4-7,11-12H,10H2,1-3H3/t11-,12-/m0/s1. The second-order valence-electron chi connectivity index (χ2n) is 5.42. The van der Waals surface area contributed by atoms with Gasteiger partial charge >= 0.3 is 5.97 Å². The monoisotopic (exact) mass is 323 g/mol. The topological polar surface area (TPSA) is 103 Å². The lowest BCUT2D eigenvalue weighted by Crippen LogP contribution is -2.27. The van der Waals surface area contributed by atoms with Crippen molar-refractivity contribution in [3.05, 3.63) is 30.0 Å². The first-order valence-electron chi connectivity index (χ1n) is 7.36. The van der Waals surface area contributed by atoms with E-state index in [2.05, 4.69) is 16.0 Å². The number of carbonyl (C=O) groups excluding carboxylic acids is 1. The van der Waals surface area contributed by atoms with Gasteiger partial charge in [-0.1, -0.05) is 12.1 Å². The van der Waals surface area contributed by atoms with Crippen molar-refractivity contribution in [2.24, 2.45) is 5.92 Å². The van der Waals surface area contributed by atoms with E-state index in [1.807, 2.05) is 18.2 Å². The normalized spacial score (nSPS) is 12.7. The van der Waals surface area contributed by atoms with Crippen LogP contribution < -0.4 is 4.90 Å². The van der Waals surface area contributed by atoms with Gasteiger partial charge in [0, 0.05) is 13.6 Å². The third-order valence-corrected chi connectivity index (χ3v) is 3.55. The van der Waals surface area contributed by atoms with Crippen LogP contribution in [0.3, 0.4) is 0 Å². The number of ether oxygens (including phenoxy) is 1. The van der Waals surface area contributed by atoms with Gasteiger partial charge in [-0.3, -0.25) is 4.79 Å². The van der Waals surface area contributed by atoms with E-state index >= 15 is 0 Å². The van der Waals surface area contributed by atoms with Gasteiger partial charge in [0.1, 0.15) is 5.69 Å². The lowest BCUT2D eigenvalue weighted by molar-refractivity contribution is -0.141. The highest BCUT2D eigenvalue weighted by atomic mass is 16.5. The van der Waals surface area contributed by atoms with Crippen LogP contribution in [0.4, 0.5) is 5.82 Å². The molecule has 0 aliphatic carbocycles. The molecule has 0 radical (unpaired) electrons. The molecule has 122 valence electrons. The van der Waals surface area contributed by atoms with Gasteiger partial charge in [-0.15, -0.1) is 0 Å². The van der Waals surface area contributed by atoms with Crippen molar-refractivity contribution in [2.75, 3.05) is 25.6 Å². The fourth-order valence-electron chi connectivity index (χ4n) is 2.36. The second-order valence-corrected chi connectivity index (χ2v) is 5.42. The molecule has 7 heteroatoms. The van der Waals surface area contributed by atoms with E-state index in [4.69, 9.17) is 10.00 Å². The van der Waals surface area contributed by atoms with Crippen LogP contribution in [0.1, 0.15) is 18.5 Å². The Hall–Kier alpha value is -3.19. The van der Waals surface area contributed by atoms with Gasteiger partial charge in [-0.25, -0.2) is 9.97 Å². The van der Waals surface area contributed by atoms with Crippen molar-refractivity contribution < 1.29 is 9.53 Å². The molecule has 7 nitrogen and oxygen atoms in total. The molecule has 0 N–H and O–H groups in total. The molecular formula is C17H17N5O2. The Balaban J connectivity index is 2.61. The molecule has 0 unspecified atom stereocenters. The number of methoxy groups -OCH3 is 1. The number of aromatic nitrogens is 2.